The first-order valence-electron chi connectivity index (χ1n) is 7.39. The van der Waals surface area contributed by atoms with Gasteiger partial charge in [0.1, 0.15) is 6.04 Å². The second kappa shape index (κ2) is 7.85. The van der Waals surface area contributed by atoms with Crippen molar-refractivity contribution in [2.45, 2.75) is 58.0 Å². The van der Waals surface area contributed by atoms with E-state index in [1.54, 1.807) is 0 Å². The topological polar surface area (TPSA) is 122 Å². The molecule has 0 bridgehead atoms. The van der Waals surface area contributed by atoms with Gasteiger partial charge in [-0.25, -0.2) is 9.59 Å². The van der Waals surface area contributed by atoms with Crippen LogP contribution in [0.3, 0.4) is 0 Å². The van der Waals surface area contributed by atoms with Crippen molar-refractivity contribution in [2.24, 2.45) is 17.6 Å². The molecule has 1 aliphatic rings. The number of hydrogen-bond acceptors (Lipinski definition) is 3. The normalized spacial score (nSPS) is 23.4. The minimum absolute atomic E-state index is 0.0433. The van der Waals surface area contributed by atoms with Gasteiger partial charge < -0.3 is 21.5 Å². The minimum atomic E-state index is -1.29. The van der Waals surface area contributed by atoms with Crippen molar-refractivity contribution in [3.63, 3.8) is 0 Å². The fraction of sp³-hybridized carbons (Fsp3) is 0.786. The molecule has 120 valence electrons. The molecule has 1 saturated carbocycles. The molecular formula is C14H25N3O4. The first-order chi connectivity index (χ1) is 9.81. The number of urea groups is 1. The highest BCUT2D eigenvalue weighted by Gasteiger charge is 2.30. The van der Waals surface area contributed by atoms with E-state index in [2.05, 4.69) is 24.5 Å². The minimum Gasteiger partial charge on any atom is -0.480 e. The molecule has 21 heavy (non-hydrogen) atoms. The number of carboxylic acid groups (broad SMARTS) is 1. The Morgan fingerprint density at radius 1 is 1.24 bits per heavy atom. The Morgan fingerprint density at radius 2 is 1.86 bits per heavy atom. The molecule has 1 aliphatic carbocycles. The largest absolute Gasteiger partial charge is 0.480 e. The van der Waals surface area contributed by atoms with E-state index in [0.29, 0.717) is 11.8 Å². The molecule has 7 heteroatoms. The molecule has 0 aromatic rings. The lowest BCUT2D eigenvalue weighted by Gasteiger charge is -2.35. The fourth-order valence-corrected chi connectivity index (χ4v) is 2.91. The molecule has 0 heterocycles. The molecule has 0 aromatic heterocycles. The number of nitrogens with one attached hydrogen (secondary N) is 2. The molecule has 0 radical (unpaired) electrons. The number of hydrogen-bond donors (Lipinski definition) is 4. The Hall–Kier alpha value is -1.79. The molecule has 0 saturated heterocycles. The van der Waals surface area contributed by atoms with Crippen LogP contribution in [0.4, 0.5) is 4.79 Å². The Balaban J connectivity index is 2.57. The molecule has 3 amide bonds. The van der Waals surface area contributed by atoms with E-state index in [-0.39, 0.29) is 6.04 Å². The highest BCUT2D eigenvalue weighted by Crippen LogP contribution is 2.30. The van der Waals surface area contributed by atoms with E-state index < -0.39 is 30.4 Å². The average Bonchev–Trinajstić information content (AvgIpc) is 2.37. The molecule has 1 fully saturated rings. The maximum atomic E-state index is 11.9. The molecule has 1 rings (SSSR count). The van der Waals surface area contributed by atoms with E-state index in [1.165, 1.54) is 0 Å². The van der Waals surface area contributed by atoms with Crippen LogP contribution < -0.4 is 16.4 Å². The molecule has 3 atom stereocenters. The first-order valence-corrected chi connectivity index (χ1v) is 7.39. The van der Waals surface area contributed by atoms with Gasteiger partial charge in [0.25, 0.3) is 0 Å². The predicted octanol–water partition coefficient (Wildman–Crippen LogP) is 0.829. The zero-order valence-electron chi connectivity index (χ0n) is 12.6. The number of primary amides is 1. The van der Waals surface area contributed by atoms with Gasteiger partial charge in [0, 0.05) is 6.04 Å². The van der Waals surface area contributed by atoms with Crippen molar-refractivity contribution in [1.82, 2.24) is 10.6 Å². The maximum Gasteiger partial charge on any atom is 0.326 e. The van der Waals surface area contributed by atoms with Crippen molar-refractivity contribution in [2.75, 3.05) is 0 Å². The van der Waals surface area contributed by atoms with Gasteiger partial charge in [-0.15, -0.1) is 0 Å². The first kappa shape index (κ1) is 17.3. The van der Waals surface area contributed by atoms with Crippen LogP contribution >= 0.6 is 0 Å². The number of amides is 3. The number of carbonyl (C=O) groups is 3. The summed E-state index contributed by atoms with van der Waals surface area (Å²) in [5.41, 5.74) is 4.98. The van der Waals surface area contributed by atoms with Crippen molar-refractivity contribution >= 4 is 17.9 Å². The third-order valence-corrected chi connectivity index (χ3v) is 4.00. The van der Waals surface area contributed by atoms with Crippen LogP contribution in [0.1, 0.15) is 46.0 Å². The van der Waals surface area contributed by atoms with Gasteiger partial charge in [0.2, 0.25) is 5.91 Å². The van der Waals surface area contributed by atoms with Crippen LogP contribution in [0.15, 0.2) is 0 Å². The Kier molecular flexibility index (Phi) is 6.45. The fourth-order valence-electron chi connectivity index (χ4n) is 2.91. The number of rotatable bonds is 6. The highest BCUT2D eigenvalue weighted by molar-refractivity contribution is 5.87. The van der Waals surface area contributed by atoms with Crippen molar-refractivity contribution in [1.29, 1.82) is 0 Å². The van der Waals surface area contributed by atoms with Crippen molar-refractivity contribution in [3.05, 3.63) is 0 Å². The molecular weight excluding hydrogens is 274 g/mol. The summed E-state index contributed by atoms with van der Waals surface area (Å²) < 4.78 is 0. The lowest BCUT2D eigenvalue weighted by molar-refractivity contribution is -0.140. The second-order valence-corrected chi connectivity index (χ2v) is 5.98. The van der Waals surface area contributed by atoms with E-state index >= 15 is 0 Å². The third-order valence-electron chi connectivity index (χ3n) is 4.00. The molecule has 5 N–H and O–H groups in total. The van der Waals surface area contributed by atoms with Crippen LogP contribution in [0.2, 0.25) is 0 Å². The van der Waals surface area contributed by atoms with E-state index in [4.69, 9.17) is 10.8 Å². The van der Waals surface area contributed by atoms with Crippen molar-refractivity contribution in [3.8, 4) is 0 Å². The lowest BCUT2D eigenvalue weighted by atomic mass is 9.78. The lowest BCUT2D eigenvalue weighted by Crippen LogP contribution is -2.52. The standard InChI is InChI=1S/C14H25N3O4/c1-8(2)9-5-3-4-6-10(9)16-14(21)17-11(13(19)20)7-12(15)18/h8-11H,3-7H2,1-2H3,(H2,15,18)(H,19,20)(H2,16,17,21). The monoisotopic (exact) mass is 299 g/mol. The van der Waals surface area contributed by atoms with E-state index in [0.717, 1.165) is 25.7 Å². The molecule has 7 nitrogen and oxygen atoms in total. The van der Waals surface area contributed by atoms with Crippen LogP contribution in [0.25, 0.3) is 0 Å². The number of nitrogens with two attached hydrogens (primary N) is 1. The van der Waals surface area contributed by atoms with Gasteiger partial charge in [-0.2, -0.15) is 0 Å². The van der Waals surface area contributed by atoms with Gasteiger partial charge in [-0.3, -0.25) is 4.79 Å². The van der Waals surface area contributed by atoms with Gasteiger partial charge in [-0.1, -0.05) is 26.7 Å². The smallest absolute Gasteiger partial charge is 0.326 e. The van der Waals surface area contributed by atoms with Crippen LogP contribution in [0, 0.1) is 11.8 Å². The van der Waals surface area contributed by atoms with Crippen LogP contribution in [0.5, 0.6) is 0 Å². The summed E-state index contributed by atoms with van der Waals surface area (Å²) in [7, 11) is 0. The predicted molar refractivity (Wildman–Crippen MR) is 77.5 cm³/mol. The van der Waals surface area contributed by atoms with E-state index in [9.17, 15) is 14.4 Å². The Labute approximate surface area is 124 Å². The van der Waals surface area contributed by atoms with E-state index in [1.807, 2.05) is 0 Å². The highest BCUT2D eigenvalue weighted by atomic mass is 16.4. The van der Waals surface area contributed by atoms with Gasteiger partial charge in [-0.05, 0) is 24.7 Å². The summed E-state index contributed by atoms with van der Waals surface area (Å²) in [6.07, 6.45) is 3.75. The zero-order chi connectivity index (χ0) is 16.0. The quantitative estimate of drug-likeness (QED) is 0.580. The average molecular weight is 299 g/mol. The maximum absolute atomic E-state index is 11.9. The van der Waals surface area contributed by atoms with Crippen LogP contribution in [-0.4, -0.2) is 35.1 Å². The molecule has 0 aliphatic heterocycles. The third kappa shape index (κ3) is 5.61. The zero-order valence-corrected chi connectivity index (χ0v) is 12.6. The summed E-state index contributed by atoms with van der Waals surface area (Å²) in [5, 5.41) is 14.1. The number of carboxylic acids is 1. The summed E-state index contributed by atoms with van der Waals surface area (Å²) in [6.45, 7) is 4.24. The summed E-state index contributed by atoms with van der Waals surface area (Å²) in [5.74, 6) is -1.19. The second-order valence-electron chi connectivity index (χ2n) is 5.98. The van der Waals surface area contributed by atoms with Gasteiger partial charge in [0.05, 0.1) is 6.42 Å². The Morgan fingerprint density at radius 3 is 2.38 bits per heavy atom. The molecule has 0 aromatic carbocycles. The van der Waals surface area contributed by atoms with Gasteiger partial charge in [0.15, 0.2) is 0 Å². The van der Waals surface area contributed by atoms with Crippen LogP contribution in [-0.2, 0) is 9.59 Å². The number of carbonyl (C=O) groups excluding carboxylic acids is 2. The summed E-state index contributed by atoms with van der Waals surface area (Å²) in [4.78, 5) is 33.7. The Bertz CT molecular complexity index is 398. The summed E-state index contributed by atoms with van der Waals surface area (Å²) in [6, 6.07) is -1.80. The van der Waals surface area contributed by atoms with Crippen molar-refractivity contribution < 1.29 is 19.5 Å². The molecule has 0 spiro atoms. The van der Waals surface area contributed by atoms with Gasteiger partial charge >= 0.3 is 12.0 Å². The summed E-state index contributed by atoms with van der Waals surface area (Å²) >= 11 is 0. The SMILES string of the molecule is CC(C)C1CCCCC1NC(=O)NC(CC(N)=O)C(=O)O. The molecule has 3 unspecified atom stereocenters. The number of aliphatic carboxylic acids is 1.